The Labute approximate surface area is 840 Å². The van der Waals surface area contributed by atoms with Crippen LogP contribution in [0.4, 0.5) is 86.9 Å². The fraction of sp³-hybridized carbons (Fsp3) is 0.388. The molecule has 10 amide bonds. The van der Waals surface area contributed by atoms with Gasteiger partial charge >= 0.3 is 0 Å². The topological polar surface area (TPSA) is 597 Å². The van der Waals surface area contributed by atoms with Crippen molar-refractivity contribution in [1.82, 2.24) is 108 Å². The Morgan fingerprint density at radius 2 is 0.752 bits per heavy atom. The quantitative estimate of drug-likeness (QED) is 0.0196. The number of benzene rings is 1. The molecular formula is C98H129N37O10. The maximum atomic E-state index is 12.0. The van der Waals surface area contributed by atoms with Crippen molar-refractivity contribution in [3.05, 3.63) is 214 Å². The Morgan fingerprint density at radius 1 is 0.372 bits per heavy atom. The van der Waals surface area contributed by atoms with E-state index < -0.39 is 29.5 Å². The van der Waals surface area contributed by atoms with Gasteiger partial charge in [0.2, 0.25) is 41.4 Å². The highest BCUT2D eigenvalue weighted by Crippen LogP contribution is 2.34. The van der Waals surface area contributed by atoms with Crippen molar-refractivity contribution in [2.45, 2.75) is 133 Å². The van der Waals surface area contributed by atoms with Crippen LogP contribution in [0.5, 0.6) is 0 Å². The Balaban J connectivity index is 0.000000162. The first-order valence-electron chi connectivity index (χ1n) is 47.5. The zero-order valence-electron chi connectivity index (χ0n) is 83.1. The van der Waals surface area contributed by atoms with Crippen molar-refractivity contribution in [2.24, 2.45) is 56.9 Å². The number of aryl methyl sites for hydroxylation is 4. The number of rotatable bonds is 31. The zero-order valence-corrected chi connectivity index (χ0v) is 83.1. The molecule has 766 valence electrons. The first-order valence-corrected chi connectivity index (χ1v) is 47.5. The standard InChI is InChI=1S/C24H31N7O2.2C19H25N7O2.2C18H24N8O2/c1-3-21(32)31-13-10-19(15-31)27-20-14-26-22(23(25)33)24(29-20)28-18-6-4-16(5-7-18)17-8-11-30(2)12-9-17;1-4-16(27)26-8-5-6-14(12-26)25(3)15-10-21-17(18(20)28)19(23-15)22-13-7-9-24(2)11-13;1-4-16(27)26-8-5-6-14(12(26)2)23-15-10-21-17(18(20)28)19(24-15)22-13-7-9-25(3)11-13;1-4-14(27)26-8-5-6-13(11-26)25(3)18-21-17(15(16(19)28)22-23-18)20-12-7-9-24(2)10-12;1-4-14(27)26-8-5-6-13(11(26)2)21-18-22-17(15(16(19)28)23-24-18)20-12-7-9-25(3)10-12/h3-7,14,17,19H,1,8-13,15H2,2H3,(H2,25,33)(H2,27,28,29);4,7,9-11,14H,1,5-6,8,12H2,2-3H3,(H2,20,28)(H,22,23);4,7,9-12,14H,1,5-6,8H2,2-3H3,(H2,20,28)(H2,22,23,24);4,7,9-10,13H,1,5-6,8,11H2,2-3H3,(H2,19,28)(H,20,21,23);4,7,9-11,13H,1,5-6,8H2,2-3H3,(H2,19,28)(H2,20,21,22,24)/t19-;14-;12-,14-;13-;11-,13-/m11111/s1. The first-order chi connectivity index (χ1) is 69.5. The highest BCUT2D eigenvalue weighted by atomic mass is 16.2. The summed E-state index contributed by atoms with van der Waals surface area (Å²) >= 11 is 0. The van der Waals surface area contributed by atoms with Gasteiger partial charge in [-0.3, -0.25) is 47.9 Å². The SMILES string of the molecule is C=CC(=O)N1CCC[C@@H](N(C)c2cnc(C(N)=O)c(Nc3ccn(C)c3)n2)C1.C=CC(=O)N1CCC[C@@H](N(C)c2nnc(C(N)=O)c(Nc3ccn(C)c3)n2)C1.C=CC(=O)N1CCC[C@@H](Nc2cnc(C(N)=O)c(Nc3ccn(C)c3)n2)[C@H]1C.C=CC(=O)N1CCC[C@@H](Nc2nnc(C(N)=O)c(Nc3ccn(C)c3)n2)[C@H]1C.C=CC(=O)N1CC[C@@H](Nc2cnc(C(N)=O)c(Nc3ccc(C4CCN(C)CC4)cc3)n2)C1. The zero-order chi connectivity index (χ0) is 104. The molecule has 0 unspecified atom stereocenters. The minimum Gasteiger partial charge on any atom is -0.364 e. The molecule has 0 saturated carbocycles. The van der Waals surface area contributed by atoms with Crippen LogP contribution in [-0.2, 0) is 52.2 Å². The predicted molar refractivity (Wildman–Crippen MR) is 554 cm³/mol. The summed E-state index contributed by atoms with van der Waals surface area (Å²) in [6.07, 6.45) is 36.2. The largest absolute Gasteiger partial charge is 0.364 e. The fourth-order valence-corrected chi connectivity index (χ4v) is 17.7. The van der Waals surface area contributed by atoms with Crippen LogP contribution in [0.3, 0.4) is 0 Å². The van der Waals surface area contributed by atoms with E-state index >= 15 is 0 Å². The van der Waals surface area contributed by atoms with Crippen LogP contribution in [0.1, 0.15) is 148 Å². The van der Waals surface area contributed by atoms with Crippen molar-refractivity contribution in [1.29, 1.82) is 0 Å². The van der Waals surface area contributed by atoms with Gasteiger partial charge in [-0.2, -0.15) is 9.97 Å². The molecule has 0 radical (unpaired) electrons. The van der Waals surface area contributed by atoms with Crippen LogP contribution in [0, 0.1) is 0 Å². The molecule has 0 aliphatic carbocycles. The summed E-state index contributed by atoms with van der Waals surface area (Å²) < 4.78 is 7.47. The summed E-state index contributed by atoms with van der Waals surface area (Å²) in [6, 6.07) is 15.7. The fourth-order valence-electron chi connectivity index (χ4n) is 17.7. The molecule has 0 bridgehead atoms. The average Bonchev–Trinajstić information content (AvgIpc) is 1.59. The lowest BCUT2D eigenvalue weighted by Gasteiger charge is -2.39. The molecule has 0 spiro atoms. The van der Waals surface area contributed by atoms with Gasteiger partial charge in [0.15, 0.2) is 57.6 Å². The molecule has 16 rings (SSSR count). The van der Waals surface area contributed by atoms with Crippen molar-refractivity contribution in [2.75, 3.05) is 139 Å². The lowest BCUT2D eigenvalue weighted by Crippen LogP contribution is -2.51. The number of hydrogen-bond acceptors (Lipinski definition) is 33. The second kappa shape index (κ2) is 49.9. The maximum absolute atomic E-state index is 12.0. The van der Waals surface area contributed by atoms with E-state index in [2.05, 4.69) is 160 Å². The van der Waals surface area contributed by atoms with Crippen molar-refractivity contribution in [3.63, 3.8) is 0 Å². The number of nitrogens with zero attached hydrogens (tertiary/aromatic N) is 24. The number of piperidine rings is 5. The Morgan fingerprint density at radius 3 is 1.18 bits per heavy atom. The summed E-state index contributed by atoms with van der Waals surface area (Å²) in [5, 5.41) is 41.3. The number of anilines is 15. The lowest BCUT2D eigenvalue weighted by atomic mass is 9.89. The molecule has 47 nitrogen and oxygen atoms in total. The molecule has 6 saturated heterocycles. The van der Waals surface area contributed by atoms with Gasteiger partial charge in [-0.15, -0.1) is 20.4 Å². The number of carbonyl (C=O) groups excluding carboxylic acids is 10. The number of amides is 10. The van der Waals surface area contributed by atoms with E-state index in [4.69, 9.17) is 28.7 Å². The number of nitrogens with one attached hydrogen (secondary N) is 8. The Bertz CT molecular complexity index is 6030. The molecule has 10 aromatic rings. The maximum Gasteiger partial charge on any atom is 0.273 e. The van der Waals surface area contributed by atoms with E-state index in [-0.39, 0.29) is 124 Å². The van der Waals surface area contributed by atoms with Crippen molar-refractivity contribution < 1.29 is 47.9 Å². The third kappa shape index (κ3) is 28.7. The third-order valence-electron chi connectivity index (χ3n) is 25.7. The van der Waals surface area contributed by atoms with Gasteiger partial charge in [-0.05, 0) is 183 Å². The normalized spacial score (nSPS) is 18.2. The van der Waals surface area contributed by atoms with Crippen LogP contribution in [0.2, 0.25) is 0 Å². The number of aromatic nitrogens is 16. The second-order valence-corrected chi connectivity index (χ2v) is 36.0. The van der Waals surface area contributed by atoms with Crippen molar-refractivity contribution in [3.8, 4) is 0 Å². The van der Waals surface area contributed by atoms with Gasteiger partial charge in [-0.1, -0.05) is 45.0 Å². The van der Waals surface area contributed by atoms with Gasteiger partial charge in [0, 0.05) is 192 Å². The van der Waals surface area contributed by atoms with Gasteiger partial charge in [-0.25, -0.2) is 29.9 Å². The second-order valence-electron chi connectivity index (χ2n) is 36.0. The Kier molecular flexibility index (Phi) is 36.7. The minimum absolute atomic E-state index is 0.0101. The first kappa shape index (κ1) is 107. The minimum atomic E-state index is -0.723. The molecule has 6 aliphatic rings. The number of likely N-dealkylation sites (tertiary alicyclic amines) is 6. The van der Waals surface area contributed by atoms with E-state index in [1.54, 1.807) is 24.5 Å². The lowest BCUT2D eigenvalue weighted by molar-refractivity contribution is -0.130. The number of likely N-dealkylation sites (N-methyl/N-ethyl adjacent to an activating group) is 2. The number of nitrogens with two attached hydrogens (primary N) is 5. The van der Waals surface area contributed by atoms with E-state index in [1.165, 1.54) is 54.5 Å². The predicted octanol–water partition coefficient (Wildman–Crippen LogP) is 6.93. The number of carbonyl (C=O) groups is 10. The highest BCUT2D eigenvalue weighted by molar-refractivity contribution is 6.00. The smallest absolute Gasteiger partial charge is 0.273 e. The molecule has 9 aromatic heterocycles. The van der Waals surface area contributed by atoms with E-state index in [0.717, 1.165) is 119 Å². The van der Waals surface area contributed by atoms with Gasteiger partial charge in [0.05, 0.1) is 41.3 Å². The van der Waals surface area contributed by atoms with Crippen LogP contribution < -0.4 is 81.0 Å². The average molecular weight is 1990 g/mol. The molecular weight excluding hydrogens is 1860 g/mol. The molecule has 15 heterocycles. The van der Waals surface area contributed by atoms with E-state index in [0.29, 0.717) is 86.8 Å². The molecule has 1 aromatic carbocycles. The summed E-state index contributed by atoms with van der Waals surface area (Å²) in [6.45, 7) is 29.1. The van der Waals surface area contributed by atoms with Crippen LogP contribution in [0.15, 0.2) is 180 Å². The van der Waals surface area contributed by atoms with E-state index in [1.807, 2.05) is 170 Å². The summed E-state index contributed by atoms with van der Waals surface area (Å²) in [7, 11) is 13.5. The molecule has 145 heavy (non-hydrogen) atoms. The number of hydrogen-bond donors (Lipinski definition) is 13. The number of primary amides is 5. The monoisotopic (exact) mass is 1980 g/mol. The molecule has 7 atom stereocenters. The summed E-state index contributed by atoms with van der Waals surface area (Å²) in [5.74, 6) is 0.323. The molecule has 47 heteroatoms. The van der Waals surface area contributed by atoms with Crippen molar-refractivity contribution >= 4 is 146 Å². The molecule has 6 aliphatic heterocycles. The van der Waals surface area contributed by atoms with E-state index in [9.17, 15) is 47.9 Å². The van der Waals surface area contributed by atoms with Crippen LogP contribution in [0.25, 0.3) is 0 Å². The third-order valence-corrected chi connectivity index (χ3v) is 25.7. The summed E-state index contributed by atoms with van der Waals surface area (Å²) in [4.78, 5) is 169. The Hall–Kier alpha value is -17.0. The highest BCUT2D eigenvalue weighted by Gasteiger charge is 2.36. The van der Waals surface area contributed by atoms with Gasteiger partial charge in [0.1, 0.15) is 17.5 Å². The summed E-state index contributed by atoms with van der Waals surface area (Å²) in [5.41, 5.74) is 32.5. The van der Waals surface area contributed by atoms with Crippen LogP contribution in [-0.4, -0.2) is 296 Å². The molecule has 18 N–H and O–H groups in total. The van der Waals surface area contributed by atoms with Crippen LogP contribution >= 0.6 is 0 Å². The van der Waals surface area contributed by atoms with Gasteiger partial charge in [0.25, 0.3) is 29.5 Å². The molecule has 6 fully saturated rings. The van der Waals surface area contributed by atoms with Gasteiger partial charge < -0.3 is 129 Å².